The van der Waals surface area contributed by atoms with Crippen molar-refractivity contribution in [1.29, 1.82) is 0 Å². The maximum absolute atomic E-state index is 12.7. The van der Waals surface area contributed by atoms with Gasteiger partial charge in [-0.3, -0.25) is 4.79 Å². The number of hydrogen-bond donors (Lipinski definition) is 0. The van der Waals surface area contributed by atoms with Gasteiger partial charge in [-0.2, -0.15) is 0 Å². The highest BCUT2D eigenvalue weighted by Crippen LogP contribution is 2.63. The molecule has 1 saturated heterocycles. The SMILES string of the molecule is CC(C)(C)OC(=O)N1C(=O)[C@H](N=[N+]=[N-])[C@H]1C12CC3CC(CC(C3)C1)C2. The highest BCUT2D eigenvalue weighted by Gasteiger charge is 2.65. The van der Waals surface area contributed by atoms with Crippen LogP contribution in [0.25, 0.3) is 10.4 Å². The fourth-order valence-electron chi connectivity index (χ4n) is 6.31. The molecule has 4 bridgehead atoms. The number of azide groups is 1. The highest BCUT2D eigenvalue weighted by atomic mass is 16.6. The molecule has 0 aromatic rings. The number of ether oxygens (including phenoxy) is 1. The molecule has 1 aliphatic heterocycles. The van der Waals surface area contributed by atoms with Gasteiger partial charge in [0.2, 0.25) is 5.91 Å². The van der Waals surface area contributed by atoms with Gasteiger partial charge in [0.15, 0.2) is 0 Å². The van der Waals surface area contributed by atoms with E-state index in [2.05, 4.69) is 10.0 Å². The maximum atomic E-state index is 12.7. The lowest BCUT2D eigenvalue weighted by atomic mass is 9.46. The highest BCUT2D eigenvalue weighted by molar-refractivity contribution is 6.02. The third kappa shape index (κ3) is 2.60. The summed E-state index contributed by atoms with van der Waals surface area (Å²) in [5.74, 6) is 1.66. The summed E-state index contributed by atoms with van der Waals surface area (Å²) in [5.41, 5.74) is 8.16. The average Bonchev–Trinajstić information content (AvgIpc) is 2.46. The summed E-state index contributed by atoms with van der Waals surface area (Å²) in [4.78, 5) is 29.3. The molecule has 25 heavy (non-hydrogen) atoms. The molecule has 4 saturated carbocycles. The van der Waals surface area contributed by atoms with E-state index in [0.29, 0.717) is 17.8 Å². The quantitative estimate of drug-likeness (QED) is 0.327. The van der Waals surface area contributed by atoms with E-state index in [4.69, 9.17) is 10.3 Å². The summed E-state index contributed by atoms with van der Waals surface area (Å²) in [6.45, 7) is 5.37. The smallest absolute Gasteiger partial charge is 0.417 e. The molecule has 2 amide bonds. The number of nitrogens with zero attached hydrogens (tertiary/aromatic N) is 4. The van der Waals surface area contributed by atoms with Crippen molar-refractivity contribution in [2.24, 2.45) is 28.3 Å². The number of likely N-dealkylation sites (tertiary alicyclic amines) is 1. The van der Waals surface area contributed by atoms with Crippen molar-refractivity contribution in [2.45, 2.75) is 77.0 Å². The summed E-state index contributed by atoms with van der Waals surface area (Å²) in [6.07, 6.45) is 6.34. The van der Waals surface area contributed by atoms with Crippen LogP contribution in [0.4, 0.5) is 4.79 Å². The lowest BCUT2D eigenvalue weighted by Crippen LogP contribution is -2.74. The summed E-state index contributed by atoms with van der Waals surface area (Å²) < 4.78 is 5.46. The maximum Gasteiger partial charge on any atom is 0.417 e. The summed E-state index contributed by atoms with van der Waals surface area (Å²) in [6, 6.07) is -1.09. The van der Waals surface area contributed by atoms with Gasteiger partial charge in [-0.1, -0.05) is 5.11 Å². The predicted octanol–water partition coefficient (Wildman–Crippen LogP) is 4.03. The van der Waals surface area contributed by atoms with Gasteiger partial charge in [-0.05, 0) is 88.0 Å². The van der Waals surface area contributed by atoms with Crippen molar-refractivity contribution >= 4 is 12.0 Å². The van der Waals surface area contributed by atoms with E-state index in [1.807, 2.05) is 0 Å². The van der Waals surface area contributed by atoms with Crippen LogP contribution >= 0.6 is 0 Å². The molecule has 5 fully saturated rings. The Morgan fingerprint density at radius 2 is 1.72 bits per heavy atom. The van der Waals surface area contributed by atoms with Crippen LogP contribution in [0.2, 0.25) is 0 Å². The number of hydrogen-bond acceptors (Lipinski definition) is 4. The average molecular weight is 346 g/mol. The van der Waals surface area contributed by atoms with Crippen molar-refractivity contribution in [3.63, 3.8) is 0 Å². The lowest BCUT2D eigenvalue weighted by molar-refractivity contribution is -0.170. The minimum atomic E-state index is -0.756. The zero-order chi connectivity index (χ0) is 18.0. The topological polar surface area (TPSA) is 95.4 Å². The molecular weight excluding hydrogens is 320 g/mol. The molecule has 4 aliphatic carbocycles. The van der Waals surface area contributed by atoms with Crippen molar-refractivity contribution in [3.8, 4) is 0 Å². The number of carbonyl (C=O) groups is 2. The molecule has 0 radical (unpaired) electrons. The van der Waals surface area contributed by atoms with Gasteiger partial charge in [-0.25, -0.2) is 9.69 Å². The van der Waals surface area contributed by atoms with Crippen molar-refractivity contribution in [3.05, 3.63) is 10.4 Å². The summed E-state index contributed by atoms with van der Waals surface area (Å²) in [7, 11) is 0. The lowest BCUT2D eigenvalue weighted by Gasteiger charge is -2.63. The molecule has 1 heterocycles. The minimum Gasteiger partial charge on any atom is -0.443 e. The zero-order valence-corrected chi connectivity index (χ0v) is 15.1. The minimum absolute atomic E-state index is 0.0849. The normalized spacial score (nSPS) is 42.0. The third-order valence-electron chi connectivity index (χ3n) is 6.55. The van der Waals surface area contributed by atoms with Crippen molar-refractivity contribution in [1.82, 2.24) is 4.90 Å². The van der Waals surface area contributed by atoms with Gasteiger partial charge in [0.05, 0.1) is 6.04 Å². The largest absolute Gasteiger partial charge is 0.443 e. The molecule has 5 aliphatic rings. The molecule has 7 nitrogen and oxygen atoms in total. The Morgan fingerprint density at radius 3 is 2.16 bits per heavy atom. The molecule has 0 spiro atoms. The van der Waals surface area contributed by atoms with Crippen LogP contribution in [-0.4, -0.2) is 34.6 Å². The predicted molar refractivity (Wildman–Crippen MR) is 90.4 cm³/mol. The van der Waals surface area contributed by atoms with Crippen LogP contribution in [0.3, 0.4) is 0 Å². The molecule has 0 aromatic carbocycles. The number of β-lactam (4-membered cyclic amide) rings is 1. The molecule has 0 N–H and O–H groups in total. The van der Waals surface area contributed by atoms with Gasteiger partial charge in [0, 0.05) is 4.91 Å². The Morgan fingerprint density at radius 1 is 1.20 bits per heavy atom. The first-order valence-electron chi connectivity index (χ1n) is 9.33. The van der Waals surface area contributed by atoms with Gasteiger partial charge in [-0.15, -0.1) is 0 Å². The zero-order valence-electron chi connectivity index (χ0n) is 15.1. The number of imide groups is 1. The van der Waals surface area contributed by atoms with Crippen LogP contribution < -0.4 is 0 Å². The fourth-order valence-corrected chi connectivity index (χ4v) is 6.31. The third-order valence-corrected chi connectivity index (χ3v) is 6.55. The Kier molecular flexibility index (Phi) is 3.59. The fraction of sp³-hybridized carbons (Fsp3) is 0.889. The van der Waals surface area contributed by atoms with Crippen LogP contribution in [0, 0.1) is 23.2 Å². The Labute approximate surface area is 147 Å². The molecule has 0 unspecified atom stereocenters. The van der Waals surface area contributed by atoms with Crippen LogP contribution in [0.1, 0.15) is 59.3 Å². The van der Waals surface area contributed by atoms with E-state index in [1.165, 1.54) is 24.2 Å². The molecule has 136 valence electrons. The molecule has 5 rings (SSSR count). The summed E-state index contributed by atoms with van der Waals surface area (Å²) in [5, 5.41) is 3.76. The van der Waals surface area contributed by atoms with Gasteiger partial charge < -0.3 is 4.74 Å². The standard InChI is InChI=1S/C18H26N4O3/c1-17(2,3)25-16(24)22-14(13(15(22)23)20-21-19)18-7-10-4-11(8-18)6-12(5-10)9-18/h10-14H,4-9H2,1-3H3/t10?,11?,12?,13-,14+,18?/m1/s1. The van der Waals surface area contributed by atoms with Gasteiger partial charge in [0.25, 0.3) is 0 Å². The summed E-state index contributed by atoms with van der Waals surface area (Å²) >= 11 is 0. The first kappa shape index (κ1) is 16.7. The van der Waals surface area contributed by atoms with E-state index in [9.17, 15) is 9.59 Å². The van der Waals surface area contributed by atoms with Crippen LogP contribution in [-0.2, 0) is 9.53 Å². The van der Waals surface area contributed by atoms with E-state index < -0.39 is 23.6 Å². The Balaban J connectivity index is 1.65. The van der Waals surface area contributed by atoms with E-state index in [1.54, 1.807) is 20.8 Å². The first-order valence-corrected chi connectivity index (χ1v) is 9.33. The number of carbonyl (C=O) groups excluding carboxylic acids is 2. The Hall–Kier alpha value is -1.75. The first-order chi connectivity index (χ1) is 11.7. The number of rotatable bonds is 2. The molecule has 2 atom stereocenters. The van der Waals surface area contributed by atoms with Crippen molar-refractivity contribution in [2.75, 3.05) is 0 Å². The second-order valence-electron chi connectivity index (χ2n) is 9.56. The molecular formula is C18H26N4O3. The van der Waals surface area contributed by atoms with Crippen LogP contribution in [0.5, 0.6) is 0 Å². The number of amides is 2. The van der Waals surface area contributed by atoms with E-state index >= 15 is 0 Å². The van der Waals surface area contributed by atoms with Crippen LogP contribution in [0.15, 0.2) is 5.11 Å². The Bertz CT molecular complexity index is 626. The second-order valence-corrected chi connectivity index (χ2v) is 9.56. The molecule has 7 heteroatoms. The van der Waals surface area contributed by atoms with E-state index in [-0.39, 0.29) is 11.5 Å². The monoisotopic (exact) mass is 346 g/mol. The van der Waals surface area contributed by atoms with Crippen molar-refractivity contribution < 1.29 is 14.3 Å². The molecule has 0 aromatic heterocycles. The van der Waals surface area contributed by atoms with E-state index in [0.717, 1.165) is 19.3 Å². The van der Waals surface area contributed by atoms with Gasteiger partial charge >= 0.3 is 6.09 Å². The second kappa shape index (κ2) is 5.37. The van der Waals surface area contributed by atoms with Gasteiger partial charge in [0.1, 0.15) is 11.6 Å².